The first kappa shape index (κ1) is 37.4. The van der Waals surface area contributed by atoms with Gasteiger partial charge in [-0.25, -0.2) is 4.79 Å². The number of allylic oxidation sites excluding steroid dienone is 1. The summed E-state index contributed by atoms with van der Waals surface area (Å²) in [6, 6.07) is 44.1. The van der Waals surface area contributed by atoms with E-state index in [-0.39, 0.29) is 28.0 Å². The van der Waals surface area contributed by atoms with E-state index in [0.29, 0.717) is 19.6 Å². The second-order valence-corrected chi connectivity index (χ2v) is 24.7. The Labute approximate surface area is 310 Å². The highest BCUT2D eigenvalue weighted by Crippen LogP contribution is 2.41. The number of rotatable bonds is 11. The van der Waals surface area contributed by atoms with Crippen molar-refractivity contribution in [3.8, 4) is 0 Å². The number of H-pyrrole nitrogens is 1. The maximum Gasteiger partial charge on any atom is 0.328 e. The molecule has 0 radical (unpaired) electrons. The van der Waals surface area contributed by atoms with Crippen molar-refractivity contribution in [2.75, 3.05) is 13.2 Å². The molecule has 270 valence electrons. The Hall–Kier alpha value is -4.35. The van der Waals surface area contributed by atoms with Crippen LogP contribution in [0.3, 0.4) is 0 Å². The van der Waals surface area contributed by atoms with Gasteiger partial charge in [0.05, 0.1) is 6.04 Å². The highest BCUT2D eigenvalue weighted by molar-refractivity contribution is 7.00. The molecule has 0 saturated heterocycles. The molecule has 1 aliphatic rings. The molecule has 3 atom stereocenters. The van der Waals surface area contributed by atoms with Crippen LogP contribution >= 0.6 is 0 Å². The third kappa shape index (κ3) is 7.30. The van der Waals surface area contributed by atoms with Crippen LogP contribution in [-0.4, -0.2) is 39.4 Å². The number of benzene rings is 4. The Kier molecular flexibility index (Phi) is 11.0. The fourth-order valence-electron chi connectivity index (χ4n) is 8.25. The van der Waals surface area contributed by atoms with Gasteiger partial charge in [0.25, 0.3) is 22.2 Å². The number of nitrogens with one attached hydrogen (secondary N) is 1. The van der Waals surface area contributed by atoms with Gasteiger partial charge >= 0.3 is 5.69 Å². The molecule has 0 fully saturated rings. The highest BCUT2D eigenvalue weighted by Gasteiger charge is 2.52. The SMILES string of the molecule is CC(C)(C)[Si](OC[C@H]1C[C@@H](n2ccc(=O)[nH]c2=O)C=C[C@@H]1CO[Si](c1ccccc1)(c1ccccc1)C(C)(C)C)(c1ccccc1)c1ccccc1. The average molecular weight is 729 g/mol. The van der Waals surface area contributed by atoms with Crippen LogP contribution in [0.4, 0.5) is 0 Å². The summed E-state index contributed by atoms with van der Waals surface area (Å²) in [6.07, 6.45) is 6.60. The first-order chi connectivity index (χ1) is 24.9. The van der Waals surface area contributed by atoms with Crippen LogP contribution in [0.15, 0.2) is 155 Å². The minimum atomic E-state index is -2.85. The molecule has 0 saturated carbocycles. The number of aromatic amines is 1. The summed E-state index contributed by atoms with van der Waals surface area (Å²) in [5.74, 6) is 0.0447. The highest BCUT2D eigenvalue weighted by atomic mass is 28.4. The Morgan fingerprint density at radius 2 is 1.00 bits per heavy atom. The lowest BCUT2D eigenvalue weighted by molar-refractivity contribution is 0.134. The van der Waals surface area contributed by atoms with Gasteiger partial charge in [-0.3, -0.25) is 14.3 Å². The topological polar surface area (TPSA) is 73.3 Å². The zero-order chi connectivity index (χ0) is 37.0. The van der Waals surface area contributed by atoms with Crippen LogP contribution in [0.5, 0.6) is 0 Å². The van der Waals surface area contributed by atoms with Crippen molar-refractivity contribution in [2.45, 2.75) is 64.1 Å². The summed E-state index contributed by atoms with van der Waals surface area (Å²) in [5, 5.41) is 4.59. The maximum atomic E-state index is 13.1. The normalized spacial score (nSPS) is 18.3. The third-order valence-electron chi connectivity index (χ3n) is 10.8. The predicted octanol–water partition coefficient (Wildman–Crippen LogP) is 6.42. The number of nitrogens with zero attached hydrogens (tertiary/aromatic N) is 1. The standard InChI is InChI=1S/C44H52N2O4Si2/c1-43(2,3)51(37-19-11-7-12-20-37,38-21-13-8-14-22-38)49-32-34-27-28-36(46-30-29-41(47)45-42(46)48)31-35(34)33-50-52(44(4,5)6,39-23-15-9-16-24-39)40-25-17-10-18-26-40/h7-30,34-36H,31-33H2,1-6H3,(H,45,47,48)/t34-,35-,36+/m1/s1. The summed E-state index contributed by atoms with van der Waals surface area (Å²) in [6.45, 7) is 14.8. The van der Waals surface area contributed by atoms with Crippen molar-refractivity contribution in [3.63, 3.8) is 0 Å². The van der Waals surface area contributed by atoms with Crippen molar-refractivity contribution >= 4 is 37.4 Å². The second-order valence-electron chi connectivity index (χ2n) is 16.1. The minimum absolute atomic E-state index is 0.0219. The number of hydrogen-bond acceptors (Lipinski definition) is 4. The van der Waals surface area contributed by atoms with E-state index in [4.69, 9.17) is 8.85 Å². The molecule has 5 aromatic rings. The Bertz CT molecular complexity index is 1970. The lowest BCUT2D eigenvalue weighted by atomic mass is 9.82. The van der Waals surface area contributed by atoms with E-state index in [2.05, 4.69) is 180 Å². The van der Waals surface area contributed by atoms with Gasteiger partial charge in [0.1, 0.15) is 0 Å². The fraction of sp³-hybridized carbons (Fsp3) is 0.318. The van der Waals surface area contributed by atoms with Crippen LogP contribution in [0.25, 0.3) is 0 Å². The summed E-state index contributed by atoms with van der Waals surface area (Å²) in [7, 11) is -5.66. The number of hydrogen-bond donors (Lipinski definition) is 1. The van der Waals surface area contributed by atoms with Gasteiger partial charge in [0.2, 0.25) is 0 Å². The fourth-order valence-corrected chi connectivity index (χ4v) is 17.5. The quantitative estimate of drug-likeness (QED) is 0.126. The van der Waals surface area contributed by atoms with Gasteiger partial charge in [-0.1, -0.05) is 175 Å². The van der Waals surface area contributed by atoms with Crippen LogP contribution in [0, 0.1) is 11.8 Å². The predicted molar refractivity (Wildman–Crippen MR) is 218 cm³/mol. The van der Waals surface area contributed by atoms with Crippen LogP contribution in [0.2, 0.25) is 10.1 Å². The first-order valence-electron chi connectivity index (χ1n) is 18.4. The second kappa shape index (κ2) is 15.3. The minimum Gasteiger partial charge on any atom is -0.407 e. The third-order valence-corrected chi connectivity index (χ3v) is 20.8. The van der Waals surface area contributed by atoms with Gasteiger partial charge in [-0.05, 0) is 43.2 Å². The molecule has 8 heteroatoms. The molecule has 0 spiro atoms. The Balaban J connectivity index is 1.43. The van der Waals surface area contributed by atoms with Crippen molar-refractivity contribution in [3.05, 3.63) is 167 Å². The average Bonchev–Trinajstić information content (AvgIpc) is 3.13. The summed E-state index contributed by atoms with van der Waals surface area (Å²) in [5.41, 5.74) is -0.806. The smallest absolute Gasteiger partial charge is 0.328 e. The van der Waals surface area contributed by atoms with E-state index in [9.17, 15) is 9.59 Å². The van der Waals surface area contributed by atoms with Crippen molar-refractivity contribution < 1.29 is 8.85 Å². The number of aromatic nitrogens is 2. The van der Waals surface area contributed by atoms with Crippen LogP contribution in [-0.2, 0) is 8.85 Å². The van der Waals surface area contributed by atoms with Crippen molar-refractivity contribution in [1.82, 2.24) is 9.55 Å². The lowest BCUT2D eigenvalue weighted by Gasteiger charge is -2.46. The van der Waals surface area contributed by atoms with Crippen LogP contribution in [0.1, 0.15) is 54.0 Å². The summed E-state index contributed by atoms with van der Waals surface area (Å²) in [4.78, 5) is 27.5. The monoisotopic (exact) mass is 728 g/mol. The van der Waals surface area contributed by atoms with Gasteiger partial charge < -0.3 is 8.85 Å². The molecule has 0 unspecified atom stereocenters. The molecule has 1 heterocycles. The molecule has 6 rings (SSSR count). The molecule has 1 aromatic heterocycles. The van der Waals surface area contributed by atoms with E-state index in [1.807, 2.05) is 0 Å². The molecular formula is C44H52N2O4Si2. The zero-order valence-corrected chi connectivity index (χ0v) is 33.3. The van der Waals surface area contributed by atoms with Gasteiger partial charge in [0, 0.05) is 31.4 Å². The largest absolute Gasteiger partial charge is 0.407 e. The van der Waals surface area contributed by atoms with Gasteiger partial charge in [-0.15, -0.1) is 0 Å². The maximum absolute atomic E-state index is 13.1. The Morgan fingerprint density at radius 1 is 0.596 bits per heavy atom. The van der Waals surface area contributed by atoms with Crippen molar-refractivity contribution in [2.24, 2.45) is 11.8 Å². The van der Waals surface area contributed by atoms with Gasteiger partial charge in [0.15, 0.2) is 0 Å². The van der Waals surface area contributed by atoms with E-state index < -0.39 is 27.9 Å². The molecule has 52 heavy (non-hydrogen) atoms. The lowest BCUT2D eigenvalue weighted by Crippen LogP contribution is -2.67. The summed E-state index contributed by atoms with van der Waals surface area (Å²) >= 11 is 0. The summed E-state index contributed by atoms with van der Waals surface area (Å²) < 4.78 is 16.7. The van der Waals surface area contributed by atoms with E-state index in [1.165, 1.54) is 26.8 Å². The first-order valence-corrected chi connectivity index (χ1v) is 22.2. The van der Waals surface area contributed by atoms with E-state index >= 15 is 0 Å². The van der Waals surface area contributed by atoms with Crippen LogP contribution < -0.4 is 32.0 Å². The molecule has 0 aliphatic heterocycles. The van der Waals surface area contributed by atoms with E-state index in [0.717, 1.165) is 0 Å². The van der Waals surface area contributed by atoms with Gasteiger partial charge in [-0.2, -0.15) is 0 Å². The molecule has 0 amide bonds. The molecule has 1 aliphatic carbocycles. The van der Waals surface area contributed by atoms with E-state index in [1.54, 1.807) is 10.8 Å². The Morgan fingerprint density at radius 3 is 1.38 bits per heavy atom. The zero-order valence-electron chi connectivity index (χ0n) is 31.3. The molecule has 0 bridgehead atoms. The van der Waals surface area contributed by atoms with Crippen molar-refractivity contribution in [1.29, 1.82) is 0 Å². The molecular weight excluding hydrogens is 677 g/mol. The molecule has 4 aromatic carbocycles. The molecule has 6 nitrogen and oxygen atoms in total. The molecule has 1 N–H and O–H groups in total.